The van der Waals surface area contributed by atoms with Crippen molar-refractivity contribution in [1.29, 1.82) is 0 Å². The summed E-state index contributed by atoms with van der Waals surface area (Å²) in [6.07, 6.45) is 0. The maximum Gasteiger partial charge on any atom is 0.226 e. The largest absolute Gasteiger partial charge is 0.326 e. The summed E-state index contributed by atoms with van der Waals surface area (Å²) < 4.78 is 1.19. The Kier molecular flexibility index (Phi) is 3.94. The summed E-state index contributed by atoms with van der Waals surface area (Å²) in [6.45, 7) is 5.84. The summed E-state index contributed by atoms with van der Waals surface area (Å²) in [7, 11) is 0. The number of benzene rings is 2. The van der Waals surface area contributed by atoms with Crippen molar-refractivity contribution in [3.63, 3.8) is 0 Å². The van der Waals surface area contributed by atoms with Gasteiger partial charge < -0.3 is 5.32 Å². The number of carbonyl (C=O) groups is 1. The lowest BCUT2D eigenvalue weighted by molar-refractivity contribution is -0.118. The molecule has 0 radical (unpaired) electrons. The summed E-state index contributed by atoms with van der Waals surface area (Å²) in [6, 6.07) is 14.2. The second kappa shape index (κ2) is 5.89. The molecule has 2 aromatic carbocycles. The summed E-state index contributed by atoms with van der Waals surface area (Å²) >= 11 is 1.69. The van der Waals surface area contributed by atoms with Crippen molar-refractivity contribution in [2.45, 2.75) is 20.8 Å². The van der Waals surface area contributed by atoms with Gasteiger partial charge in [-0.1, -0.05) is 19.9 Å². The van der Waals surface area contributed by atoms with Gasteiger partial charge in [0.1, 0.15) is 5.01 Å². The molecule has 0 aliphatic heterocycles. The number of aromatic nitrogens is 1. The van der Waals surface area contributed by atoms with E-state index in [1.807, 2.05) is 38.1 Å². The van der Waals surface area contributed by atoms with Crippen LogP contribution in [0.2, 0.25) is 0 Å². The maximum absolute atomic E-state index is 11.7. The monoisotopic (exact) mass is 310 g/mol. The van der Waals surface area contributed by atoms with Crippen LogP contribution in [-0.4, -0.2) is 10.9 Å². The molecule has 0 bridgehead atoms. The molecule has 1 amide bonds. The number of carbonyl (C=O) groups excluding carboxylic acids is 1. The van der Waals surface area contributed by atoms with Gasteiger partial charge in [-0.3, -0.25) is 4.79 Å². The Bertz CT molecular complexity index is 819. The third-order valence-corrected chi connectivity index (χ3v) is 4.55. The lowest BCUT2D eigenvalue weighted by Gasteiger charge is -2.07. The van der Waals surface area contributed by atoms with E-state index in [4.69, 9.17) is 4.98 Å². The van der Waals surface area contributed by atoms with E-state index < -0.39 is 0 Å². The third-order valence-electron chi connectivity index (χ3n) is 3.47. The van der Waals surface area contributed by atoms with Gasteiger partial charge in [0.2, 0.25) is 5.91 Å². The first-order chi connectivity index (χ1) is 10.5. The highest BCUT2D eigenvalue weighted by molar-refractivity contribution is 7.21. The fraction of sp³-hybridized carbons (Fsp3) is 0.222. The van der Waals surface area contributed by atoms with Gasteiger partial charge in [0.15, 0.2) is 0 Å². The van der Waals surface area contributed by atoms with Crippen LogP contribution in [0.1, 0.15) is 19.4 Å². The van der Waals surface area contributed by atoms with E-state index in [1.54, 1.807) is 11.3 Å². The zero-order chi connectivity index (χ0) is 15.7. The zero-order valence-electron chi connectivity index (χ0n) is 12.9. The molecule has 0 atom stereocenters. The molecule has 0 aliphatic rings. The van der Waals surface area contributed by atoms with E-state index in [0.717, 1.165) is 21.8 Å². The minimum atomic E-state index is -0.0211. The molecule has 0 fully saturated rings. The first-order valence-electron chi connectivity index (χ1n) is 7.31. The first-order valence-corrected chi connectivity index (χ1v) is 8.13. The summed E-state index contributed by atoms with van der Waals surface area (Å²) in [4.78, 5) is 16.4. The van der Waals surface area contributed by atoms with Gasteiger partial charge >= 0.3 is 0 Å². The number of amides is 1. The SMILES string of the molecule is Cc1ccc2sc(-c3ccc(NC(=O)C(C)C)cc3)nc2c1. The van der Waals surface area contributed by atoms with Crippen LogP contribution in [0.4, 0.5) is 5.69 Å². The molecule has 22 heavy (non-hydrogen) atoms. The molecule has 0 spiro atoms. The maximum atomic E-state index is 11.7. The quantitative estimate of drug-likeness (QED) is 0.750. The van der Waals surface area contributed by atoms with Crippen LogP contribution >= 0.6 is 11.3 Å². The number of anilines is 1. The fourth-order valence-electron chi connectivity index (χ4n) is 2.14. The summed E-state index contributed by atoms with van der Waals surface area (Å²) in [5, 5.41) is 3.90. The van der Waals surface area contributed by atoms with Crippen LogP contribution in [0, 0.1) is 12.8 Å². The number of hydrogen-bond donors (Lipinski definition) is 1. The van der Waals surface area contributed by atoms with E-state index in [1.165, 1.54) is 10.3 Å². The molecule has 1 aromatic heterocycles. The van der Waals surface area contributed by atoms with Gasteiger partial charge in [-0.2, -0.15) is 0 Å². The smallest absolute Gasteiger partial charge is 0.226 e. The van der Waals surface area contributed by atoms with Gasteiger partial charge in [-0.05, 0) is 48.9 Å². The first kappa shape index (κ1) is 14.7. The highest BCUT2D eigenvalue weighted by Crippen LogP contribution is 2.31. The molecule has 0 unspecified atom stereocenters. The van der Waals surface area contributed by atoms with E-state index in [2.05, 4.69) is 30.4 Å². The van der Waals surface area contributed by atoms with Crippen molar-refractivity contribution in [3.05, 3.63) is 48.0 Å². The van der Waals surface area contributed by atoms with Gasteiger partial charge in [0.25, 0.3) is 0 Å². The average Bonchev–Trinajstić information content (AvgIpc) is 2.90. The Morgan fingerprint density at radius 2 is 1.86 bits per heavy atom. The molecule has 3 rings (SSSR count). The number of fused-ring (bicyclic) bond motifs is 1. The normalized spacial score (nSPS) is 11.1. The average molecular weight is 310 g/mol. The van der Waals surface area contributed by atoms with Crippen molar-refractivity contribution < 1.29 is 4.79 Å². The topological polar surface area (TPSA) is 42.0 Å². The molecule has 1 heterocycles. The Balaban J connectivity index is 1.86. The van der Waals surface area contributed by atoms with E-state index in [0.29, 0.717) is 0 Å². The predicted octanol–water partition coefficient (Wildman–Crippen LogP) is 4.87. The lowest BCUT2D eigenvalue weighted by Crippen LogP contribution is -2.17. The van der Waals surface area contributed by atoms with Crippen LogP contribution < -0.4 is 5.32 Å². The predicted molar refractivity (Wildman–Crippen MR) is 93.3 cm³/mol. The molecule has 1 N–H and O–H groups in total. The Labute approximate surface area is 134 Å². The van der Waals surface area contributed by atoms with Crippen LogP contribution in [0.25, 0.3) is 20.8 Å². The number of rotatable bonds is 3. The number of hydrogen-bond acceptors (Lipinski definition) is 3. The lowest BCUT2D eigenvalue weighted by atomic mass is 10.2. The second-order valence-electron chi connectivity index (χ2n) is 5.71. The van der Waals surface area contributed by atoms with Crippen LogP contribution in [-0.2, 0) is 4.79 Å². The van der Waals surface area contributed by atoms with Crippen molar-refractivity contribution in [2.75, 3.05) is 5.32 Å². The van der Waals surface area contributed by atoms with Gasteiger partial charge in [0, 0.05) is 17.2 Å². The van der Waals surface area contributed by atoms with E-state index in [-0.39, 0.29) is 11.8 Å². The van der Waals surface area contributed by atoms with Crippen molar-refractivity contribution in [3.8, 4) is 10.6 Å². The Hall–Kier alpha value is -2.20. The Morgan fingerprint density at radius 3 is 2.55 bits per heavy atom. The number of aryl methyl sites for hydroxylation is 1. The molecule has 3 nitrogen and oxygen atoms in total. The molecule has 0 saturated carbocycles. The number of thiazole rings is 1. The van der Waals surface area contributed by atoms with Gasteiger partial charge in [-0.15, -0.1) is 11.3 Å². The number of nitrogens with zero attached hydrogens (tertiary/aromatic N) is 1. The molecule has 0 saturated heterocycles. The van der Waals surface area contributed by atoms with Gasteiger partial charge in [0.05, 0.1) is 10.2 Å². The van der Waals surface area contributed by atoms with E-state index >= 15 is 0 Å². The summed E-state index contributed by atoms with van der Waals surface area (Å²) in [5.74, 6) is 0.00962. The van der Waals surface area contributed by atoms with E-state index in [9.17, 15) is 4.79 Å². The molecule has 112 valence electrons. The highest BCUT2D eigenvalue weighted by atomic mass is 32.1. The third kappa shape index (κ3) is 3.02. The molecule has 0 aliphatic carbocycles. The second-order valence-corrected chi connectivity index (χ2v) is 6.74. The van der Waals surface area contributed by atoms with Crippen molar-refractivity contribution >= 4 is 33.1 Å². The molecule has 4 heteroatoms. The minimum Gasteiger partial charge on any atom is -0.326 e. The fourth-order valence-corrected chi connectivity index (χ4v) is 3.10. The van der Waals surface area contributed by atoms with Crippen molar-refractivity contribution in [1.82, 2.24) is 4.98 Å². The van der Waals surface area contributed by atoms with Gasteiger partial charge in [-0.25, -0.2) is 4.98 Å². The minimum absolute atomic E-state index is 0.0211. The molecular weight excluding hydrogens is 292 g/mol. The Morgan fingerprint density at radius 1 is 1.14 bits per heavy atom. The van der Waals surface area contributed by atoms with Crippen LogP contribution in [0.15, 0.2) is 42.5 Å². The van der Waals surface area contributed by atoms with Crippen LogP contribution in [0.3, 0.4) is 0 Å². The summed E-state index contributed by atoms with van der Waals surface area (Å²) in [5.41, 5.74) is 4.15. The standard InChI is InChI=1S/C18H18N2OS/c1-11(2)17(21)19-14-7-5-13(6-8-14)18-20-15-10-12(3)4-9-16(15)22-18/h4-11H,1-3H3,(H,19,21). The molecule has 3 aromatic rings. The number of nitrogens with one attached hydrogen (secondary N) is 1. The van der Waals surface area contributed by atoms with Crippen molar-refractivity contribution in [2.24, 2.45) is 5.92 Å². The van der Waals surface area contributed by atoms with Crippen LogP contribution in [0.5, 0.6) is 0 Å². The highest BCUT2D eigenvalue weighted by Gasteiger charge is 2.09. The zero-order valence-corrected chi connectivity index (χ0v) is 13.7. The molecular formula is C18H18N2OS.